The first-order chi connectivity index (χ1) is 11.5. The zero-order chi connectivity index (χ0) is 17.4. The van der Waals surface area contributed by atoms with Crippen molar-refractivity contribution in [1.82, 2.24) is 10.9 Å². The van der Waals surface area contributed by atoms with Gasteiger partial charge in [0.05, 0.1) is 6.26 Å². The van der Waals surface area contributed by atoms with Crippen molar-refractivity contribution >= 4 is 17.9 Å². The van der Waals surface area contributed by atoms with Gasteiger partial charge >= 0.3 is 0 Å². The highest BCUT2D eigenvalue weighted by atomic mass is 16.5. The standard InChI is InChI=1S/C18H20N2O4/c1-13(2)14-5-7-16(8-6-14)24-12-18(22)20-19-17(21)10-9-15-4-3-11-23-15/h3-11,13H,12H2,1-2H3,(H,19,21)(H,20,22)/b10-9+. The van der Waals surface area contributed by atoms with Crippen LogP contribution in [-0.2, 0) is 9.59 Å². The van der Waals surface area contributed by atoms with Gasteiger partial charge in [-0.2, -0.15) is 0 Å². The fourth-order valence-electron chi connectivity index (χ4n) is 1.85. The Labute approximate surface area is 140 Å². The normalized spacial score (nSPS) is 10.8. The lowest BCUT2D eigenvalue weighted by atomic mass is 10.0. The van der Waals surface area contributed by atoms with Crippen LogP contribution in [0.4, 0.5) is 0 Å². The lowest BCUT2D eigenvalue weighted by molar-refractivity contribution is -0.128. The number of hydrazine groups is 1. The van der Waals surface area contributed by atoms with Gasteiger partial charge in [0.2, 0.25) is 0 Å². The number of hydrogen-bond donors (Lipinski definition) is 2. The molecule has 126 valence electrons. The van der Waals surface area contributed by atoms with Gasteiger partial charge in [-0.25, -0.2) is 0 Å². The van der Waals surface area contributed by atoms with Crippen LogP contribution < -0.4 is 15.6 Å². The van der Waals surface area contributed by atoms with Gasteiger partial charge in [0.15, 0.2) is 6.61 Å². The molecule has 1 heterocycles. The highest BCUT2D eigenvalue weighted by molar-refractivity contribution is 5.92. The molecule has 24 heavy (non-hydrogen) atoms. The summed E-state index contributed by atoms with van der Waals surface area (Å²) in [5.74, 6) is 0.652. The molecule has 0 saturated carbocycles. The molecule has 2 amide bonds. The third-order valence-corrected chi connectivity index (χ3v) is 3.18. The van der Waals surface area contributed by atoms with Crippen LogP contribution in [0.5, 0.6) is 5.75 Å². The van der Waals surface area contributed by atoms with Gasteiger partial charge in [-0.3, -0.25) is 20.4 Å². The zero-order valence-corrected chi connectivity index (χ0v) is 13.6. The van der Waals surface area contributed by atoms with Crippen LogP contribution in [-0.4, -0.2) is 18.4 Å². The van der Waals surface area contributed by atoms with E-state index in [0.717, 1.165) is 0 Å². The molecule has 0 atom stereocenters. The van der Waals surface area contributed by atoms with Crippen LogP contribution in [0.3, 0.4) is 0 Å². The highest BCUT2D eigenvalue weighted by Crippen LogP contribution is 2.18. The first-order valence-corrected chi connectivity index (χ1v) is 7.58. The third kappa shape index (κ3) is 5.64. The van der Waals surface area contributed by atoms with E-state index in [1.807, 2.05) is 24.3 Å². The minimum atomic E-state index is -0.471. The first-order valence-electron chi connectivity index (χ1n) is 7.58. The summed E-state index contributed by atoms with van der Waals surface area (Å²) in [7, 11) is 0. The molecular formula is C18H20N2O4. The SMILES string of the molecule is CC(C)c1ccc(OCC(=O)NNC(=O)/C=C/c2ccco2)cc1. The van der Waals surface area contributed by atoms with Crippen LogP contribution in [0, 0.1) is 0 Å². The van der Waals surface area contributed by atoms with Gasteiger partial charge in [-0.1, -0.05) is 26.0 Å². The maximum absolute atomic E-state index is 11.6. The number of furan rings is 1. The highest BCUT2D eigenvalue weighted by Gasteiger charge is 2.05. The van der Waals surface area contributed by atoms with Crippen LogP contribution in [0.25, 0.3) is 6.08 Å². The number of ether oxygens (including phenoxy) is 1. The van der Waals surface area contributed by atoms with E-state index in [-0.39, 0.29) is 6.61 Å². The lowest BCUT2D eigenvalue weighted by Crippen LogP contribution is -2.43. The van der Waals surface area contributed by atoms with Crippen molar-refractivity contribution in [2.24, 2.45) is 0 Å². The fraction of sp³-hybridized carbons (Fsp3) is 0.222. The summed E-state index contributed by atoms with van der Waals surface area (Å²) >= 11 is 0. The predicted octanol–water partition coefficient (Wildman–Crippen LogP) is 2.64. The molecule has 6 nitrogen and oxygen atoms in total. The number of carbonyl (C=O) groups is 2. The molecule has 0 aliphatic rings. The molecule has 0 aliphatic carbocycles. The summed E-state index contributed by atoms with van der Waals surface area (Å²) in [6.45, 7) is 4.02. The van der Waals surface area contributed by atoms with E-state index in [4.69, 9.17) is 9.15 Å². The third-order valence-electron chi connectivity index (χ3n) is 3.18. The van der Waals surface area contributed by atoms with Crippen molar-refractivity contribution in [2.45, 2.75) is 19.8 Å². The number of amides is 2. The van der Waals surface area contributed by atoms with Crippen molar-refractivity contribution in [1.29, 1.82) is 0 Å². The largest absolute Gasteiger partial charge is 0.484 e. The summed E-state index contributed by atoms with van der Waals surface area (Å²) in [5, 5.41) is 0. The Hall–Kier alpha value is -3.02. The van der Waals surface area contributed by atoms with Gasteiger partial charge in [0, 0.05) is 6.08 Å². The van der Waals surface area contributed by atoms with E-state index in [2.05, 4.69) is 24.7 Å². The van der Waals surface area contributed by atoms with Crippen molar-refractivity contribution in [3.63, 3.8) is 0 Å². The molecule has 0 spiro atoms. The van der Waals surface area contributed by atoms with E-state index in [1.165, 1.54) is 24.0 Å². The molecular weight excluding hydrogens is 308 g/mol. The summed E-state index contributed by atoms with van der Waals surface area (Å²) in [6, 6.07) is 11.0. The summed E-state index contributed by atoms with van der Waals surface area (Å²) in [5.41, 5.74) is 5.72. The van der Waals surface area contributed by atoms with Crippen LogP contribution >= 0.6 is 0 Å². The van der Waals surface area contributed by atoms with E-state index < -0.39 is 11.8 Å². The maximum atomic E-state index is 11.6. The van der Waals surface area contributed by atoms with Crippen LogP contribution in [0.15, 0.2) is 53.2 Å². The van der Waals surface area contributed by atoms with Gasteiger partial charge in [-0.15, -0.1) is 0 Å². The average Bonchev–Trinajstić information content (AvgIpc) is 3.10. The molecule has 0 aliphatic heterocycles. The maximum Gasteiger partial charge on any atom is 0.276 e. The minimum Gasteiger partial charge on any atom is -0.484 e. The molecule has 0 bridgehead atoms. The van der Waals surface area contributed by atoms with E-state index >= 15 is 0 Å². The second kappa shape index (κ2) is 8.57. The molecule has 0 saturated heterocycles. The van der Waals surface area contributed by atoms with Gasteiger partial charge in [-0.05, 0) is 41.8 Å². The monoisotopic (exact) mass is 328 g/mol. The van der Waals surface area contributed by atoms with E-state index in [0.29, 0.717) is 17.4 Å². The zero-order valence-electron chi connectivity index (χ0n) is 13.6. The Balaban J connectivity index is 1.70. The van der Waals surface area contributed by atoms with Crippen LogP contribution in [0.2, 0.25) is 0 Å². The number of benzene rings is 1. The molecule has 2 N–H and O–H groups in total. The Morgan fingerprint density at radius 1 is 1.17 bits per heavy atom. The average molecular weight is 328 g/mol. The second-order valence-electron chi connectivity index (χ2n) is 5.40. The molecule has 0 fully saturated rings. The van der Waals surface area contributed by atoms with Crippen molar-refractivity contribution in [2.75, 3.05) is 6.61 Å². The van der Waals surface area contributed by atoms with Gasteiger partial charge in [0.1, 0.15) is 11.5 Å². The summed E-state index contributed by atoms with van der Waals surface area (Å²) in [4.78, 5) is 23.2. The first kappa shape index (κ1) is 17.3. The van der Waals surface area contributed by atoms with Gasteiger partial charge in [0.25, 0.3) is 11.8 Å². The van der Waals surface area contributed by atoms with Crippen molar-refractivity contribution in [3.05, 3.63) is 60.1 Å². The Kier molecular flexibility index (Phi) is 6.19. The van der Waals surface area contributed by atoms with Crippen LogP contribution in [0.1, 0.15) is 31.1 Å². The Morgan fingerprint density at radius 3 is 2.54 bits per heavy atom. The molecule has 2 rings (SSSR count). The summed E-state index contributed by atoms with van der Waals surface area (Å²) < 4.78 is 10.4. The smallest absolute Gasteiger partial charge is 0.276 e. The number of rotatable bonds is 6. The lowest BCUT2D eigenvalue weighted by Gasteiger charge is -2.09. The number of hydrogen-bond acceptors (Lipinski definition) is 4. The Morgan fingerprint density at radius 2 is 1.92 bits per heavy atom. The van der Waals surface area contributed by atoms with E-state index in [1.54, 1.807) is 12.1 Å². The van der Waals surface area contributed by atoms with E-state index in [9.17, 15) is 9.59 Å². The number of carbonyl (C=O) groups excluding carboxylic acids is 2. The quantitative estimate of drug-likeness (QED) is 0.631. The molecule has 1 aromatic carbocycles. The van der Waals surface area contributed by atoms with Crippen molar-refractivity contribution < 1.29 is 18.7 Å². The molecule has 2 aromatic rings. The molecule has 1 aromatic heterocycles. The second-order valence-corrected chi connectivity index (χ2v) is 5.40. The fourth-order valence-corrected chi connectivity index (χ4v) is 1.85. The molecule has 6 heteroatoms. The molecule has 0 unspecified atom stereocenters. The van der Waals surface area contributed by atoms with Crippen molar-refractivity contribution in [3.8, 4) is 5.75 Å². The van der Waals surface area contributed by atoms with Gasteiger partial charge < -0.3 is 9.15 Å². The topological polar surface area (TPSA) is 80.6 Å². The predicted molar refractivity (Wildman–Crippen MR) is 90.1 cm³/mol. The molecule has 0 radical (unpaired) electrons. The number of nitrogens with one attached hydrogen (secondary N) is 2. The Bertz CT molecular complexity index is 688. The minimum absolute atomic E-state index is 0.191. The summed E-state index contributed by atoms with van der Waals surface area (Å²) in [6.07, 6.45) is 4.25.